The second kappa shape index (κ2) is 9.71. The lowest BCUT2D eigenvalue weighted by Crippen LogP contribution is -2.30. The lowest BCUT2D eigenvalue weighted by atomic mass is 10.0. The molecule has 0 radical (unpaired) electrons. The number of hydrogen-bond donors (Lipinski definition) is 1. The van der Waals surface area contributed by atoms with Gasteiger partial charge in [-0.15, -0.1) is 0 Å². The predicted octanol–water partition coefficient (Wildman–Crippen LogP) is 5.14. The third-order valence-corrected chi connectivity index (χ3v) is 5.09. The maximum Gasteiger partial charge on any atom is 0.307 e. The van der Waals surface area contributed by atoms with Crippen LogP contribution in [0.3, 0.4) is 0 Å². The standard InChI is InChI=1S/C21H21Cl2NO4/c1-12-7-8-15(11-13(12)2)18(25)9-10-19(26)28-14(3)21(27)24-17-6-4-5-16(22)20(17)23/h4-8,11,14H,9-10H2,1-3H3,(H,24,27). The van der Waals surface area contributed by atoms with Gasteiger partial charge in [0.1, 0.15) is 0 Å². The molecular formula is C21H21Cl2NO4. The molecule has 28 heavy (non-hydrogen) atoms. The van der Waals surface area contributed by atoms with Crippen LogP contribution in [0.25, 0.3) is 0 Å². The van der Waals surface area contributed by atoms with Crippen LogP contribution in [-0.2, 0) is 14.3 Å². The van der Waals surface area contributed by atoms with E-state index in [9.17, 15) is 14.4 Å². The molecule has 5 nitrogen and oxygen atoms in total. The Morgan fingerprint density at radius 1 is 1.04 bits per heavy atom. The van der Waals surface area contributed by atoms with E-state index < -0.39 is 18.0 Å². The SMILES string of the molecule is Cc1ccc(C(=O)CCC(=O)OC(C)C(=O)Nc2cccc(Cl)c2Cl)cc1C. The summed E-state index contributed by atoms with van der Waals surface area (Å²) < 4.78 is 5.10. The number of Topliss-reactive ketones (excluding diaryl/α,β-unsaturated/α-hetero) is 1. The number of anilines is 1. The van der Waals surface area contributed by atoms with E-state index in [-0.39, 0.29) is 23.6 Å². The average molecular weight is 422 g/mol. The Balaban J connectivity index is 1.86. The van der Waals surface area contributed by atoms with Crippen LogP contribution in [0.15, 0.2) is 36.4 Å². The van der Waals surface area contributed by atoms with Gasteiger partial charge in [0, 0.05) is 12.0 Å². The molecule has 1 atom stereocenters. The van der Waals surface area contributed by atoms with E-state index in [4.69, 9.17) is 27.9 Å². The van der Waals surface area contributed by atoms with Gasteiger partial charge in [-0.25, -0.2) is 0 Å². The molecule has 1 N–H and O–H groups in total. The summed E-state index contributed by atoms with van der Waals surface area (Å²) in [5.41, 5.74) is 2.98. The summed E-state index contributed by atoms with van der Waals surface area (Å²) in [5.74, 6) is -1.32. The van der Waals surface area contributed by atoms with Crippen molar-refractivity contribution in [2.75, 3.05) is 5.32 Å². The number of nitrogens with one attached hydrogen (secondary N) is 1. The Morgan fingerprint density at radius 3 is 2.43 bits per heavy atom. The van der Waals surface area contributed by atoms with Gasteiger partial charge in [-0.1, -0.05) is 41.4 Å². The van der Waals surface area contributed by atoms with E-state index in [1.807, 2.05) is 19.9 Å². The van der Waals surface area contributed by atoms with E-state index in [0.717, 1.165) is 11.1 Å². The first kappa shape index (κ1) is 21.9. The second-order valence-electron chi connectivity index (χ2n) is 6.44. The van der Waals surface area contributed by atoms with Gasteiger partial charge in [0.2, 0.25) is 0 Å². The lowest BCUT2D eigenvalue weighted by Gasteiger charge is -2.14. The molecule has 0 aliphatic carbocycles. The maximum atomic E-state index is 12.2. The van der Waals surface area contributed by atoms with Crippen molar-refractivity contribution in [3.8, 4) is 0 Å². The molecule has 0 heterocycles. The van der Waals surface area contributed by atoms with Gasteiger partial charge < -0.3 is 10.1 Å². The molecule has 0 aliphatic rings. The predicted molar refractivity (Wildman–Crippen MR) is 110 cm³/mol. The number of benzene rings is 2. The summed E-state index contributed by atoms with van der Waals surface area (Å²) >= 11 is 11.9. The van der Waals surface area contributed by atoms with E-state index >= 15 is 0 Å². The number of ketones is 1. The van der Waals surface area contributed by atoms with Crippen LogP contribution in [0.1, 0.15) is 41.3 Å². The molecule has 1 amide bonds. The smallest absolute Gasteiger partial charge is 0.307 e. The number of hydrogen-bond acceptors (Lipinski definition) is 4. The van der Waals surface area contributed by atoms with Crippen molar-refractivity contribution in [3.63, 3.8) is 0 Å². The van der Waals surface area contributed by atoms with E-state index in [2.05, 4.69) is 5.32 Å². The summed E-state index contributed by atoms with van der Waals surface area (Å²) in [6.45, 7) is 5.33. The number of carbonyl (C=O) groups excluding carboxylic acids is 3. The fraction of sp³-hybridized carbons (Fsp3) is 0.286. The minimum absolute atomic E-state index is 0.00972. The van der Waals surface area contributed by atoms with Crippen LogP contribution in [-0.4, -0.2) is 23.8 Å². The van der Waals surface area contributed by atoms with Gasteiger partial charge in [-0.3, -0.25) is 14.4 Å². The highest BCUT2D eigenvalue weighted by molar-refractivity contribution is 6.44. The zero-order valence-corrected chi connectivity index (χ0v) is 17.4. The van der Waals surface area contributed by atoms with Gasteiger partial charge in [-0.05, 0) is 50.1 Å². The molecule has 0 fully saturated rings. The highest BCUT2D eigenvalue weighted by Gasteiger charge is 2.20. The first-order valence-electron chi connectivity index (χ1n) is 8.74. The fourth-order valence-electron chi connectivity index (χ4n) is 2.42. The maximum absolute atomic E-state index is 12.2. The Bertz CT molecular complexity index is 911. The number of esters is 1. The fourth-order valence-corrected chi connectivity index (χ4v) is 2.77. The Labute approximate surface area is 174 Å². The third kappa shape index (κ3) is 5.81. The molecule has 148 valence electrons. The van der Waals surface area contributed by atoms with E-state index in [1.54, 1.807) is 30.3 Å². The number of aryl methyl sites for hydroxylation is 2. The topological polar surface area (TPSA) is 72.5 Å². The van der Waals surface area contributed by atoms with Gasteiger partial charge in [-0.2, -0.15) is 0 Å². The summed E-state index contributed by atoms with van der Waals surface area (Å²) in [5, 5.41) is 3.06. The first-order chi connectivity index (χ1) is 13.2. The van der Waals surface area contributed by atoms with Crippen LogP contribution in [0, 0.1) is 13.8 Å². The summed E-state index contributed by atoms with van der Waals surface area (Å²) in [6.07, 6.45) is -1.14. The van der Waals surface area contributed by atoms with Gasteiger partial charge in [0.15, 0.2) is 11.9 Å². The number of ether oxygens (including phenoxy) is 1. The summed E-state index contributed by atoms with van der Waals surface area (Å²) in [4.78, 5) is 36.4. The van der Waals surface area contributed by atoms with Crippen LogP contribution < -0.4 is 5.32 Å². The van der Waals surface area contributed by atoms with Crippen LogP contribution in [0.4, 0.5) is 5.69 Å². The number of halogens is 2. The van der Waals surface area contributed by atoms with Crippen molar-refractivity contribution >= 4 is 46.5 Å². The number of carbonyl (C=O) groups is 3. The number of rotatable bonds is 7. The van der Waals surface area contributed by atoms with E-state index in [1.165, 1.54) is 6.92 Å². The number of amides is 1. The zero-order valence-electron chi connectivity index (χ0n) is 15.8. The molecule has 2 aromatic carbocycles. The zero-order chi connectivity index (χ0) is 20.8. The molecule has 2 aromatic rings. The molecular weight excluding hydrogens is 401 g/mol. The van der Waals surface area contributed by atoms with Crippen molar-refractivity contribution in [1.29, 1.82) is 0 Å². The highest BCUT2D eigenvalue weighted by Crippen LogP contribution is 2.29. The molecule has 0 saturated heterocycles. The van der Waals surface area contributed by atoms with Crippen molar-refractivity contribution in [2.24, 2.45) is 0 Å². The van der Waals surface area contributed by atoms with Gasteiger partial charge in [0.05, 0.1) is 22.2 Å². The quantitative estimate of drug-likeness (QED) is 0.495. The lowest BCUT2D eigenvalue weighted by molar-refractivity contribution is -0.153. The normalized spacial score (nSPS) is 11.6. The summed E-state index contributed by atoms with van der Waals surface area (Å²) in [7, 11) is 0. The van der Waals surface area contributed by atoms with Crippen LogP contribution >= 0.6 is 23.2 Å². The minimum Gasteiger partial charge on any atom is -0.453 e. The van der Waals surface area contributed by atoms with Crippen molar-refractivity contribution in [1.82, 2.24) is 0 Å². The summed E-state index contributed by atoms with van der Waals surface area (Å²) in [6, 6.07) is 10.2. The van der Waals surface area contributed by atoms with Gasteiger partial charge >= 0.3 is 5.97 Å². The molecule has 2 rings (SSSR count). The Kier molecular flexibility index (Phi) is 7.61. The van der Waals surface area contributed by atoms with Crippen molar-refractivity contribution in [2.45, 2.75) is 39.7 Å². The van der Waals surface area contributed by atoms with Gasteiger partial charge in [0.25, 0.3) is 5.91 Å². The second-order valence-corrected chi connectivity index (χ2v) is 7.23. The third-order valence-electron chi connectivity index (χ3n) is 4.27. The van der Waals surface area contributed by atoms with Crippen molar-refractivity contribution < 1.29 is 19.1 Å². The Hall–Kier alpha value is -2.37. The van der Waals surface area contributed by atoms with Crippen LogP contribution in [0.2, 0.25) is 10.0 Å². The average Bonchev–Trinajstić information content (AvgIpc) is 2.65. The van der Waals surface area contributed by atoms with Crippen LogP contribution in [0.5, 0.6) is 0 Å². The molecule has 7 heteroatoms. The molecule has 0 aromatic heterocycles. The molecule has 0 aliphatic heterocycles. The first-order valence-corrected chi connectivity index (χ1v) is 9.49. The van der Waals surface area contributed by atoms with Crippen molar-refractivity contribution in [3.05, 3.63) is 63.1 Å². The molecule has 1 unspecified atom stereocenters. The largest absolute Gasteiger partial charge is 0.453 e. The monoisotopic (exact) mass is 421 g/mol. The van der Waals surface area contributed by atoms with E-state index in [0.29, 0.717) is 16.3 Å². The molecule has 0 spiro atoms. The highest BCUT2D eigenvalue weighted by atomic mass is 35.5. The Morgan fingerprint density at radius 2 is 1.75 bits per heavy atom. The molecule has 0 saturated carbocycles. The minimum atomic E-state index is -1.04. The molecule has 0 bridgehead atoms.